The van der Waals surface area contributed by atoms with Gasteiger partial charge >= 0.3 is 0 Å². The van der Waals surface area contributed by atoms with Crippen LogP contribution in [-0.4, -0.2) is 30.0 Å². The van der Waals surface area contributed by atoms with E-state index in [-0.39, 0.29) is 11.4 Å². The van der Waals surface area contributed by atoms with Gasteiger partial charge in [-0.1, -0.05) is 12.1 Å². The van der Waals surface area contributed by atoms with Crippen molar-refractivity contribution < 1.29 is 8.42 Å². The predicted molar refractivity (Wildman–Crippen MR) is 68.4 cm³/mol. The maximum atomic E-state index is 12.1. The average molecular weight is 276 g/mol. The maximum absolute atomic E-state index is 12.1. The van der Waals surface area contributed by atoms with Crippen LogP contribution in [0.1, 0.15) is 11.1 Å². The molecule has 1 aromatic carbocycles. The highest BCUT2D eigenvalue weighted by Gasteiger charge is 2.21. The highest BCUT2D eigenvalue weighted by molar-refractivity contribution is 7.89. The lowest BCUT2D eigenvalue weighted by atomic mass is 10.1. The first-order valence-corrected chi connectivity index (χ1v) is 6.92. The maximum Gasteiger partial charge on any atom is 0.246 e. The number of H-pyrrole nitrogens is 1. The Hall–Kier alpha value is -2.17. The normalized spacial score (nSPS) is 11.4. The molecule has 0 unspecified atom stereocenters. The Balaban J connectivity index is 2.17. The number of nitrogens with zero attached hydrogens (tertiary/aromatic N) is 3. The Bertz CT molecular complexity index is 684. The van der Waals surface area contributed by atoms with Crippen molar-refractivity contribution in [1.29, 1.82) is 5.26 Å². The second-order valence-electron chi connectivity index (χ2n) is 4.00. The summed E-state index contributed by atoms with van der Waals surface area (Å²) in [6.45, 7) is 0.235. The van der Waals surface area contributed by atoms with Gasteiger partial charge in [0.25, 0.3) is 0 Å². The molecule has 0 radical (unpaired) electrons. The molecule has 0 saturated heterocycles. The standard InChI is InChI=1S/C12H12N4O2S/c1-16(19(17,18)12-7-14-15-8-12)9-11-4-2-10(6-13)3-5-11/h2-5,7-8H,9H2,1H3,(H,14,15). The van der Waals surface area contributed by atoms with Crippen LogP contribution in [0.3, 0.4) is 0 Å². The summed E-state index contributed by atoms with van der Waals surface area (Å²) in [6, 6.07) is 8.81. The monoisotopic (exact) mass is 276 g/mol. The summed E-state index contributed by atoms with van der Waals surface area (Å²) in [5.74, 6) is 0. The van der Waals surface area contributed by atoms with Crippen LogP contribution in [0.5, 0.6) is 0 Å². The van der Waals surface area contributed by atoms with Crippen molar-refractivity contribution in [2.24, 2.45) is 0 Å². The molecule has 0 bridgehead atoms. The Morgan fingerprint density at radius 3 is 2.58 bits per heavy atom. The predicted octanol–water partition coefficient (Wildman–Crippen LogP) is 1.10. The van der Waals surface area contributed by atoms with E-state index in [0.717, 1.165) is 5.56 Å². The van der Waals surface area contributed by atoms with Crippen molar-refractivity contribution in [3.63, 3.8) is 0 Å². The summed E-state index contributed by atoms with van der Waals surface area (Å²) in [5.41, 5.74) is 1.36. The highest BCUT2D eigenvalue weighted by Crippen LogP contribution is 2.15. The highest BCUT2D eigenvalue weighted by atomic mass is 32.2. The van der Waals surface area contributed by atoms with Gasteiger partial charge in [0.1, 0.15) is 4.90 Å². The van der Waals surface area contributed by atoms with Gasteiger partial charge in [0, 0.05) is 19.8 Å². The van der Waals surface area contributed by atoms with Crippen molar-refractivity contribution in [2.75, 3.05) is 7.05 Å². The molecule has 0 fully saturated rings. The number of hydrogen-bond donors (Lipinski definition) is 1. The first-order chi connectivity index (χ1) is 9.04. The molecular formula is C12H12N4O2S. The van der Waals surface area contributed by atoms with Gasteiger partial charge < -0.3 is 0 Å². The molecule has 0 spiro atoms. The zero-order valence-electron chi connectivity index (χ0n) is 10.2. The molecule has 0 amide bonds. The van der Waals surface area contributed by atoms with Crippen LogP contribution in [0.15, 0.2) is 41.6 Å². The number of aromatic nitrogens is 2. The Labute approximate surface area is 111 Å². The van der Waals surface area contributed by atoms with E-state index in [1.54, 1.807) is 24.3 Å². The molecule has 1 heterocycles. The first kappa shape index (κ1) is 13.3. The van der Waals surface area contributed by atoms with Gasteiger partial charge in [-0.25, -0.2) is 8.42 Å². The number of hydrogen-bond acceptors (Lipinski definition) is 4. The lowest BCUT2D eigenvalue weighted by Gasteiger charge is -2.15. The lowest BCUT2D eigenvalue weighted by molar-refractivity contribution is 0.467. The average Bonchev–Trinajstić information content (AvgIpc) is 2.94. The molecule has 0 aliphatic heterocycles. The number of aromatic amines is 1. The fourth-order valence-corrected chi connectivity index (χ4v) is 2.65. The van der Waals surface area contributed by atoms with E-state index in [2.05, 4.69) is 10.2 Å². The molecule has 1 N–H and O–H groups in total. The zero-order valence-corrected chi connectivity index (χ0v) is 11.1. The Morgan fingerprint density at radius 2 is 2.05 bits per heavy atom. The van der Waals surface area contributed by atoms with Crippen LogP contribution in [-0.2, 0) is 16.6 Å². The van der Waals surface area contributed by atoms with Gasteiger partial charge in [0.15, 0.2) is 0 Å². The van der Waals surface area contributed by atoms with E-state index in [4.69, 9.17) is 5.26 Å². The van der Waals surface area contributed by atoms with E-state index in [0.29, 0.717) is 5.56 Å². The minimum atomic E-state index is -3.53. The fraction of sp³-hybridized carbons (Fsp3) is 0.167. The van der Waals surface area contributed by atoms with Crippen LogP contribution in [0.2, 0.25) is 0 Å². The molecule has 0 saturated carbocycles. The van der Waals surface area contributed by atoms with E-state index >= 15 is 0 Å². The molecule has 0 aliphatic rings. The molecule has 1 aromatic heterocycles. The topological polar surface area (TPSA) is 89.8 Å². The fourth-order valence-electron chi connectivity index (χ4n) is 1.59. The first-order valence-electron chi connectivity index (χ1n) is 5.48. The molecule has 2 aromatic rings. The molecule has 6 nitrogen and oxygen atoms in total. The second-order valence-corrected chi connectivity index (χ2v) is 6.05. The van der Waals surface area contributed by atoms with Crippen molar-refractivity contribution >= 4 is 10.0 Å². The molecule has 0 atom stereocenters. The molecule has 98 valence electrons. The third-order valence-electron chi connectivity index (χ3n) is 2.67. The van der Waals surface area contributed by atoms with Crippen molar-refractivity contribution in [2.45, 2.75) is 11.4 Å². The van der Waals surface area contributed by atoms with Crippen LogP contribution >= 0.6 is 0 Å². The van der Waals surface area contributed by atoms with Gasteiger partial charge in [-0.15, -0.1) is 0 Å². The molecule has 2 rings (SSSR count). The molecule has 19 heavy (non-hydrogen) atoms. The smallest absolute Gasteiger partial charge is 0.246 e. The summed E-state index contributed by atoms with van der Waals surface area (Å²) in [7, 11) is -2.03. The van der Waals surface area contributed by atoms with Crippen LogP contribution in [0.4, 0.5) is 0 Å². The summed E-state index contributed by atoms with van der Waals surface area (Å²) in [4.78, 5) is 0.128. The second kappa shape index (κ2) is 5.22. The molecule has 7 heteroatoms. The number of nitriles is 1. The SMILES string of the molecule is CN(Cc1ccc(C#N)cc1)S(=O)(=O)c1cn[nH]c1. The third kappa shape index (κ3) is 2.81. The van der Waals surface area contributed by atoms with E-state index < -0.39 is 10.0 Å². The van der Waals surface area contributed by atoms with Gasteiger partial charge in [-0.3, -0.25) is 5.10 Å². The van der Waals surface area contributed by atoms with Crippen molar-refractivity contribution in [3.8, 4) is 6.07 Å². The largest absolute Gasteiger partial charge is 0.284 e. The van der Waals surface area contributed by atoms with Crippen LogP contribution in [0.25, 0.3) is 0 Å². The van der Waals surface area contributed by atoms with Gasteiger partial charge in [-0.05, 0) is 17.7 Å². The van der Waals surface area contributed by atoms with Crippen LogP contribution in [0, 0.1) is 11.3 Å². The third-order valence-corrected chi connectivity index (χ3v) is 4.44. The lowest BCUT2D eigenvalue weighted by Crippen LogP contribution is -2.26. The number of sulfonamides is 1. The van der Waals surface area contributed by atoms with Gasteiger partial charge in [0.05, 0.1) is 17.8 Å². The van der Waals surface area contributed by atoms with Crippen molar-refractivity contribution in [3.05, 3.63) is 47.8 Å². The van der Waals surface area contributed by atoms with Gasteiger partial charge in [-0.2, -0.15) is 14.7 Å². The summed E-state index contributed by atoms with van der Waals surface area (Å²) in [5, 5.41) is 14.8. The zero-order chi connectivity index (χ0) is 13.9. The van der Waals surface area contributed by atoms with E-state index in [1.807, 2.05) is 6.07 Å². The molecule has 0 aliphatic carbocycles. The number of rotatable bonds is 4. The summed E-state index contributed by atoms with van der Waals surface area (Å²) < 4.78 is 25.5. The van der Waals surface area contributed by atoms with Crippen molar-refractivity contribution in [1.82, 2.24) is 14.5 Å². The summed E-state index contributed by atoms with van der Waals surface area (Å²) >= 11 is 0. The minimum absolute atomic E-state index is 0.128. The minimum Gasteiger partial charge on any atom is -0.284 e. The Morgan fingerprint density at radius 1 is 1.37 bits per heavy atom. The summed E-state index contributed by atoms with van der Waals surface area (Å²) in [6.07, 6.45) is 2.61. The van der Waals surface area contributed by atoms with Crippen LogP contribution < -0.4 is 0 Å². The van der Waals surface area contributed by atoms with Gasteiger partial charge in [0.2, 0.25) is 10.0 Å². The Kier molecular flexibility index (Phi) is 3.64. The molecular weight excluding hydrogens is 264 g/mol. The van der Waals surface area contributed by atoms with E-state index in [1.165, 1.54) is 23.7 Å². The number of nitrogens with one attached hydrogen (secondary N) is 1. The quantitative estimate of drug-likeness (QED) is 0.905. The van der Waals surface area contributed by atoms with E-state index in [9.17, 15) is 8.42 Å². The number of benzene rings is 1.